The lowest BCUT2D eigenvalue weighted by molar-refractivity contribution is -0.179. The van der Waals surface area contributed by atoms with E-state index in [1.54, 1.807) is 0 Å². The minimum atomic E-state index is -1.27. The lowest BCUT2D eigenvalue weighted by Gasteiger charge is -2.30. The first-order valence-corrected chi connectivity index (χ1v) is 11.2. The van der Waals surface area contributed by atoms with Gasteiger partial charge in [-0.05, 0) is 38.0 Å². The number of rotatable bonds is 8. The molecule has 1 heterocycles. The van der Waals surface area contributed by atoms with Crippen molar-refractivity contribution in [1.82, 2.24) is 0 Å². The minimum Gasteiger partial charge on any atom is -0.457 e. The van der Waals surface area contributed by atoms with Crippen molar-refractivity contribution in [2.45, 2.75) is 83.5 Å². The van der Waals surface area contributed by atoms with Crippen molar-refractivity contribution in [3.63, 3.8) is 0 Å². The van der Waals surface area contributed by atoms with Crippen LogP contribution >= 0.6 is 0 Å². The van der Waals surface area contributed by atoms with Crippen LogP contribution in [0.4, 0.5) is 0 Å². The van der Waals surface area contributed by atoms with Gasteiger partial charge in [0.2, 0.25) is 0 Å². The molecule has 0 aromatic carbocycles. The number of carbonyl (C=O) groups excluding carboxylic acids is 3. The minimum absolute atomic E-state index is 0.0888. The van der Waals surface area contributed by atoms with Gasteiger partial charge in [-0.15, -0.1) is 0 Å². The Labute approximate surface area is 177 Å². The largest absolute Gasteiger partial charge is 0.457 e. The lowest BCUT2D eigenvalue weighted by atomic mass is 9.73. The molecule has 1 aliphatic heterocycles. The van der Waals surface area contributed by atoms with Gasteiger partial charge in [-0.25, -0.2) is 4.79 Å². The van der Waals surface area contributed by atoms with Gasteiger partial charge in [0.05, 0.1) is 6.10 Å². The molecular weight excluding hydrogens is 388 g/mol. The summed E-state index contributed by atoms with van der Waals surface area (Å²) in [6.45, 7) is 7.70. The number of esters is 3. The lowest BCUT2D eigenvalue weighted by Crippen LogP contribution is -2.45. The normalized spacial score (nSPS) is 34.8. The highest BCUT2D eigenvalue weighted by Gasteiger charge is 2.75. The molecule has 5 unspecified atom stereocenters. The maximum absolute atomic E-state index is 12.9. The molecule has 0 aromatic rings. The fraction of sp³-hybridized carbons (Fsp3) is 0.783. The van der Waals surface area contributed by atoms with Crippen molar-refractivity contribution >= 4 is 17.9 Å². The molecular formula is C23H32O7. The van der Waals surface area contributed by atoms with Crippen molar-refractivity contribution in [2.24, 2.45) is 23.2 Å². The Morgan fingerprint density at radius 2 is 1.97 bits per heavy atom. The van der Waals surface area contributed by atoms with Crippen LogP contribution in [0.5, 0.6) is 0 Å². The fourth-order valence-electron chi connectivity index (χ4n) is 5.76. The molecule has 4 fully saturated rings. The zero-order valence-electron chi connectivity index (χ0n) is 17.9. The molecule has 5 atom stereocenters. The van der Waals surface area contributed by atoms with Gasteiger partial charge < -0.3 is 18.9 Å². The van der Waals surface area contributed by atoms with Crippen molar-refractivity contribution in [1.29, 1.82) is 0 Å². The monoisotopic (exact) mass is 420 g/mol. The number of carbonyl (C=O) groups is 3. The first kappa shape index (κ1) is 21.3. The molecule has 4 aliphatic rings. The SMILES string of the molecule is C=C(CC(C)C)C(=O)OC1C2CC3C1OC(=O)C3(C(=O)OCOC1CCCCC1)C2. The Balaban J connectivity index is 1.35. The van der Waals surface area contributed by atoms with Gasteiger partial charge in [0.15, 0.2) is 12.2 Å². The van der Waals surface area contributed by atoms with Gasteiger partial charge in [0.25, 0.3) is 0 Å². The third-order valence-electron chi connectivity index (χ3n) is 7.16. The van der Waals surface area contributed by atoms with Crippen LogP contribution in [0.3, 0.4) is 0 Å². The summed E-state index contributed by atoms with van der Waals surface area (Å²) in [6, 6.07) is 0. The van der Waals surface area contributed by atoms with E-state index in [0.717, 1.165) is 25.7 Å². The van der Waals surface area contributed by atoms with Gasteiger partial charge in [0.1, 0.15) is 12.2 Å². The Kier molecular flexibility index (Phi) is 5.93. The molecule has 0 aromatic heterocycles. The van der Waals surface area contributed by atoms with E-state index in [2.05, 4.69) is 6.58 Å². The summed E-state index contributed by atoms with van der Waals surface area (Å²) in [7, 11) is 0. The molecule has 3 aliphatic carbocycles. The van der Waals surface area contributed by atoms with Gasteiger partial charge in [-0.2, -0.15) is 0 Å². The van der Waals surface area contributed by atoms with Crippen molar-refractivity contribution in [3.05, 3.63) is 12.2 Å². The Morgan fingerprint density at radius 3 is 2.67 bits per heavy atom. The second kappa shape index (κ2) is 8.33. The molecule has 1 saturated heterocycles. The summed E-state index contributed by atoms with van der Waals surface area (Å²) in [5.41, 5.74) is -0.856. The molecule has 0 N–H and O–H groups in total. The van der Waals surface area contributed by atoms with Gasteiger partial charge in [-0.1, -0.05) is 39.7 Å². The first-order chi connectivity index (χ1) is 14.3. The smallest absolute Gasteiger partial charge is 0.333 e. The van der Waals surface area contributed by atoms with Crippen molar-refractivity contribution in [3.8, 4) is 0 Å². The van der Waals surface area contributed by atoms with Crippen LogP contribution in [0, 0.1) is 23.2 Å². The molecule has 7 heteroatoms. The summed E-state index contributed by atoms with van der Waals surface area (Å²) >= 11 is 0. The second-order valence-corrected chi connectivity index (χ2v) is 9.70. The topological polar surface area (TPSA) is 88.1 Å². The maximum Gasteiger partial charge on any atom is 0.333 e. The number of hydrogen-bond donors (Lipinski definition) is 0. The summed E-state index contributed by atoms with van der Waals surface area (Å²) in [5.74, 6) is -1.66. The van der Waals surface area contributed by atoms with Crippen molar-refractivity contribution in [2.75, 3.05) is 6.79 Å². The third-order valence-corrected chi connectivity index (χ3v) is 7.16. The Bertz CT molecular complexity index is 723. The zero-order chi connectivity index (χ0) is 21.5. The highest BCUT2D eigenvalue weighted by molar-refractivity contribution is 6.03. The number of hydrogen-bond acceptors (Lipinski definition) is 7. The molecule has 0 radical (unpaired) electrons. The number of fused-ring (bicyclic) bond motifs is 1. The van der Waals surface area contributed by atoms with E-state index >= 15 is 0 Å². The van der Waals surface area contributed by atoms with E-state index in [-0.39, 0.29) is 24.7 Å². The highest BCUT2D eigenvalue weighted by atomic mass is 16.7. The van der Waals surface area contributed by atoms with E-state index in [0.29, 0.717) is 30.8 Å². The summed E-state index contributed by atoms with van der Waals surface area (Å²) in [6.07, 6.45) is 5.92. The highest BCUT2D eigenvalue weighted by Crippen LogP contribution is 2.63. The maximum atomic E-state index is 12.9. The van der Waals surface area contributed by atoms with Crippen LogP contribution < -0.4 is 0 Å². The quantitative estimate of drug-likeness (QED) is 0.196. The predicted octanol–water partition coefficient (Wildman–Crippen LogP) is 3.30. The van der Waals surface area contributed by atoms with Crippen LogP contribution in [-0.4, -0.2) is 43.0 Å². The van der Waals surface area contributed by atoms with Gasteiger partial charge >= 0.3 is 17.9 Å². The molecule has 3 saturated carbocycles. The molecule has 0 spiro atoms. The molecule has 2 bridgehead atoms. The molecule has 0 amide bonds. The van der Waals surface area contributed by atoms with Gasteiger partial charge in [-0.3, -0.25) is 9.59 Å². The molecule has 4 rings (SSSR count). The fourth-order valence-corrected chi connectivity index (χ4v) is 5.76. The predicted molar refractivity (Wildman–Crippen MR) is 106 cm³/mol. The van der Waals surface area contributed by atoms with E-state index < -0.39 is 35.5 Å². The molecule has 30 heavy (non-hydrogen) atoms. The third kappa shape index (κ3) is 3.66. The van der Waals surface area contributed by atoms with Gasteiger partial charge in [0, 0.05) is 17.4 Å². The molecule has 7 nitrogen and oxygen atoms in total. The number of ether oxygens (including phenoxy) is 4. The van der Waals surface area contributed by atoms with Crippen LogP contribution in [0.2, 0.25) is 0 Å². The molecule has 166 valence electrons. The summed E-state index contributed by atoms with van der Waals surface area (Å²) in [4.78, 5) is 38.0. The zero-order valence-corrected chi connectivity index (χ0v) is 17.9. The van der Waals surface area contributed by atoms with E-state index in [9.17, 15) is 14.4 Å². The van der Waals surface area contributed by atoms with E-state index in [1.807, 2.05) is 13.8 Å². The van der Waals surface area contributed by atoms with Crippen LogP contribution in [0.25, 0.3) is 0 Å². The van der Waals surface area contributed by atoms with Crippen LogP contribution in [0.15, 0.2) is 12.2 Å². The van der Waals surface area contributed by atoms with Crippen molar-refractivity contribution < 1.29 is 33.3 Å². The van der Waals surface area contributed by atoms with E-state index in [1.165, 1.54) is 6.42 Å². The average molecular weight is 421 g/mol. The first-order valence-electron chi connectivity index (χ1n) is 11.2. The van der Waals surface area contributed by atoms with Crippen LogP contribution in [-0.2, 0) is 33.3 Å². The second-order valence-electron chi connectivity index (χ2n) is 9.70. The summed E-state index contributed by atoms with van der Waals surface area (Å²) in [5, 5.41) is 0. The summed E-state index contributed by atoms with van der Waals surface area (Å²) < 4.78 is 22.3. The average Bonchev–Trinajstić information content (AvgIpc) is 3.30. The van der Waals surface area contributed by atoms with E-state index in [4.69, 9.17) is 18.9 Å². The standard InChI is InChI=1S/C23H32O7/c1-13(2)9-14(3)20(24)29-18-15-10-17-19(18)30-22(26)23(17,11-15)21(25)28-12-27-16-7-5-4-6-8-16/h13,15-19H,3-12H2,1-2H3. The van der Waals surface area contributed by atoms with Crippen LogP contribution in [0.1, 0.15) is 65.2 Å². The Morgan fingerprint density at radius 1 is 1.23 bits per heavy atom. The Hall–Kier alpha value is -1.89.